The molecule has 3 unspecified atom stereocenters. The Hall–Kier alpha value is -7.43. The van der Waals surface area contributed by atoms with Gasteiger partial charge < -0.3 is 14.5 Å². The topological polar surface area (TPSA) is 34.2 Å². The molecular formula is C56H42N4. The predicted octanol–water partition coefficient (Wildman–Crippen LogP) is 13.6. The van der Waals surface area contributed by atoms with Crippen molar-refractivity contribution in [2.24, 2.45) is 10.9 Å². The van der Waals surface area contributed by atoms with E-state index in [1.807, 2.05) is 0 Å². The molecule has 0 spiro atoms. The maximum Gasteiger partial charge on any atom is 0.145 e. The van der Waals surface area contributed by atoms with E-state index in [1.165, 1.54) is 65.9 Å². The highest BCUT2D eigenvalue weighted by Gasteiger charge is 2.32. The zero-order valence-electron chi connectivity index (χ0n) is 33.3. The van der Waals surface area contributed by atoms with Gasteiger partial charge in [0.1, 0.15) is 6.17 Å². The number of benzene rings is 8. The van der Waals surface area contributed by atoms with Crippen molar-refractivity contribution < 1.29 is 0 Å². The fourth-order valence-corrected chi connectivity index (χ4v) is 10.3. The first-order valence-electron chi connectivity index (χ1n) is 21.1. The lowest BCUT2D eigenvalue weighted by molar-refractivity contribution is 0.555. The van der Waals surface area contributed by atoms with Crippen LogP contribution in [0.3, 0.4) is 0 Å². The van der Waals surface area contributed by atoms with Crippen molar-refractivity contribution in [3.63, 3.8) is 0 Å². The Kier molecular flexibility index (Phi) is 7.99. The summed E-state index contributed by atoms with van der Waals surface area (Å²) in [5.74, 6) is 0.485. The van der Waals surface area contributed by atoms with Gasteiger partial charge in [0.15, 0.2) is 0 Å². The van der Waals surface area contributed by atoms with Gasteiger partial charge in [-0.3, -0.25) is 4.99 Å². The van der Waals surface area contributed by atoms with Crippen LogP contribution in [0.1, 0.15) is 41.3 Å². The molecule has 0 bridgehead atoms. The molecule has 286 valence electrons. The maximum atomic E-state index is 5.49. The summed E-state index contributed by atoms with van der Waals surface area (Å²) in [6.45, 7) is 2.37. The average molecular weight is 771 g/mol. The van der Waals surface area contributed by atoms with E-state index in [0.29, 0.717) is 5.92 Å². The first-order valence-corrected chi connectivity index (χ1v) is 21.1. The normalized spacial score (nSPS) is 16.6. The molecule has 1 aliphatic heterocycles. The molecule has 1 aliphatic carbocycles. The molecule has 10 aromatic rings. The summed E-state index contributed by atoms with van der Waals surface area (Å²) >= 11 is 0. The molecular weight excluding hydrogens is 729 g/mol. The van der Waals surface area contributed by atoms with Crippen LogP contribution in [0.4, 0.5) is 0 Å². The Morgan fingerprint density at radius 3 is 1.85 bits per heavy atom. The lowest BCUT2D eigenvalue weighted by atomic mass is 9.72. The Morgan fingerprint density at radius 1 is 0.533 bits per heavy atom. The van der Waals surface area contributed by atoms with E-state index < -0.39 is 0 Å². The second-order valence-electron chi connectivity index (χ2n) is 16.4. The first kappa shape index (κ1) is 34.6. The number of rotatable bonds is 6. The van der Waals surface area contributed by atoms with Gasteiger partial charge in [-0.25, -0.2) is 0 Å². The Bertz CT molecular complexity index is 3350. The molecule has 4 nitrogen and oxygen atoms in total. The van der Waals surface area contributed by atoms with Gasteiger partial charge in [-0.05, 0) is 100 Å². The standard InChI is InChI=1S/C56H42N4/c1-36(47-34-38-19-8-9-24-42(38)43-25-10-11-26-44(43)47)48-35-49(58-56(57-48)37-17-4-2-5-18-37)39-20-16-23-41(33-39)60-51-30-15-13-28-46(51)55-53(60)32-31-52-54(55)45-27-12-14-29-50(45)59(52)40-21-6-3-7-22-40/h2-33,35-36,47,56,58H,34H2,1H3. The average Bonchev–Trinajstić information content (AvgIpc) is 3.84. The van der Waals surface area contributed by atoms with Crippen molar-refractivity contribution >= 4 is 55.0 Å². The van der Waals surface area contributed by atoms with E-state index in [4.69, 9.17) is 4.99 Å². The van der Waals surface area contributed by atoms with Gasteiger partial charge in [-0.1, -0.05) is 153 Å². The highest BCUT2D eigenvalue weighted by atomic mass is 15.1. The Labute approximate surface area is 349 Å². The molecule has 0 saturated carbocycles. The molecule has 0 radical (unpaired) electrons. The maximum absolute atomic E-state index is 5.49. The third-order valence-corrected chi connectivity index (χ3v) is 13.1. The summed E-state index contributed by atoms with van der Waals surface area (Å²) in [7, 11) is 0. The van der Waals surface area contributed by atoms with Gasteiger partial charge in [0.05, 0.1) is 22.1 Å². The van der Waals surface area contributed by atoms with Crippen LogP contribution in [0.2, 0.25) is 0 Å². The van der Waals surface area contributed by atoms with E-state index in [9.17, 15) is 0 Å². The third kappa shape index (κ3) is 5.41. The van der Waals surface area contributed by atoms with E-state index >= 15 is 0 Å². The Morgan fingerprint density at radius 2 is 1.12 bits per heavy atom. The van der Waals surface area contributed by atoms with Crippen LogP contribution < -0.4 is 5.32 Å². The summed E-state index contributed by atoms with van der Waals surface area (Å²) in [6.07, 6.45) is 3.10. The molecule has 60 heavy (non-hydrogen) atoms. The number of para-hydroxylation sites is 3. The molecule has 0 saturated heterocycles. The number of allylic oxidation sites excluding steroid dienone is 1. The van der Waals surface area contributed by atoms with Crippen molar-refractivity contribution in [1.82, 2.24) is 14.5 Å². The van der Waals surface area contributed by atoms with Crippen LogP contribution >= 0.6 is 0 Å². The van der Waals surface area contributed by atoms with Crippen molar-refractivity contribution in [1.29, 1.82) is 0 Å². The second kappa shape index (κ2) is 13.9. The number of nitrogens with zero attached hydrogens (tertiary/aromatic N) is 3. The lowest BCUT2D eigenvalue weighted by Crippen LogP contribution is -2.30. The van der Waals surface area contributed by atoms with Crippen LogP contribution in [0.25, 0.3) is 71.8 Å². The number of aromatic nitrogens is 2. The molecule has 8 aromatic carbocycles. The molecule has 3 heterocycles. The summed E-state index contributed by atoms with van der Waals surface area (Å²) < 4.78 is 4.86. The summed E-state index contributed by atoms with van der Waals surface area (Å²) in [5, 5.41) is 8.94. The van der Waals surface area contributed by atoms with E-state index in [-0.39, 0.29) is 12.1 Å². The summed E-state index contributed by atoms with van der Waals surface area (Å²) in [5.41, 5.74) is 17.1. The number of nitrogens with one attached hydrogen (secondary N) is 1. The zero-order valence-corrected chi connectivity index (χ0v) is 33.3. The molecule has 0 fully saturated rings. The number of aliphatic imine (C=N–C) groups is 1. The van der Waals surface area contributed by atoms with Crippen LogP contribution in [0.5, 0.6) is 0 Å². The molecule has 0 amide bonds. The predicted molar refractivity (Wildman–Crippen MR) is 250 cm³/mol. The molecule has 4 heteroatoms. The minimum Gasteiger partial charge on any atom is -0.360 e. The van der Waals surface area contributed by atoms with Gasteiger partial charge >= 0.3 is 0 Å². The quantitative estimate of drug-likeness (QED) is 0.180. The summed E-state index contributed by atoms with van der Waals surface area (Å²) in [4.78, 5) is 5.49. The second-order valence-corrected chi connectivity index (χ2v) is 16.4. The lowest BCUT2D eigenvalue weighted by Gasteiger charge is -2.34. The molecule has 2 aromatic heterocycles. The fraction of sp³-hybridized carbons (Fsp3) is 0.0893. The smallest absolute Gasteiger partial charge is 0.145 e. The molecule has 2 aliphatic rings. The van der Waals surface area contributed by atoms with E-state index in [1.54, 1.807) is 0 Å². The van der Waals surface area contributed by atoms with Crippen LogP contribution in [0, 0.1) is 5.92 Å². The van der Waals surface area contributed by atoms with Crippen molar-refractivity contribution in [3.8, 4) is 22.5 Å². The Balaban J connectivity index is 1.01. The SMILES string of the molecule is CC(C1=NC(c2ccccc2)NC(c2cccc(-n3c4ccccc4c4c5c6ccccc6n(-c6ccccc6)c5ccc43)c2)=C1)C1Cc2ccccc2-c2ccccc21. The highest BCUT2D eigenvalue weighted by molar-refractivity contribution is 6.29. The van der Waals surface area contributed by atoms with Crippen LogP contribution in [0.15, 0.2) is 205 Å². The van der Waals surface area contributed by atoms with E-state index in [2.05, 4.69) is 222 Å². The largest absolute Gasteiger partial charge is 0.360 e. The van der Waals surface area contributed by atoms with Crippen molar-refractivity contribution in [3.05, 3.63) is 222 Å². The van der Waals surface area contributed by atoms with Crippen LogP contribution in [-0.4, -0.2) is 14.8 Å². The zero-order chi connectivity index (χ0) is 39.7. The van der Waals surface area contributed by atoms with Gasteiger partial charge in [-0.15, -0.1) is 0 Å². The van der Waals surface area contributed by atoms with Gasteiger partial charge in [0.2, 0.25) is 0 Å². The third-order valence-electron chi connectivity index (χ3n) is 13.1. The highest BCUT2D eigenvalue weighted by Crippen LogP contribution is 2.45. The number of hydrogen-bond acceptors (Lipinski definition) is 2. The monoisotopic (exact) mass is 770 g/mol. The minimum absolute atomic E-state index is 0.184. The summed E-state index contributed by atoms with van der Waals surface area (Å²) in [6, 6.07) is 70.7. The van der Waals surface area contributed by atoms with Gasteiger partial charge in [-0.2, -0.15) is 0 Å². The minimum atomic E-state index is -0.207. The number of fused-ring (bicyclic) bond motifs is 10. The molecule has 3 atom stereocenters. The first-order chi connectivity index (χ1) is 29.7. The number of hydrogen-bond donors (Lipinski definition) is 1. The van der Waals surface area contributed by atoms with Crippen LogP contribution in [-0.2, 0) is 6.42 Å². The molecule has 12 rings (SSSR count). The van der Waals surface area contributed by atoms with Crippen molar-refractivity contribution in [2.75, 3.05) is 0 Å². The van der Waals surface area contributed by atoms with Gasteiger partial charge in [0.25, 0.3) is 0 Å². The van der Waals surface area contributed by atoms with Crippen molar-refractivity contribution in [2.45, 2.75) is 25.4 Å². The molecule has 1 N–H and O–H groups in total. The fourth-order valence-electron chi connectivity index (χ4n) is 10.3. The van der Waals surface area contributed by atoms with E-state index in [0.717, 1.165) is 40.3 Å². The van der Waals surface area contributed by atoms with Gasteiger partial charge in [0, 0.05) is 50.2 Å².